The summed E-state index contributed by atoms with van der Waals surface area (Å²) in [7, 11) is 0. The second-order valence-corrected chi connectivity index (χ2v) is 5.56. The van der Waals surface area contributed by atoms with Gasteiger partial charge in [-0.25, -0.2) is 9.97 Å². The largest absolute Gasteiger partial charge is 0.394 e. The van der Waals surface area contributed by atoms with Crippen molar-refractivity contribution in [2.24, 2.45) is 0 Å². The van der Waals surface area contributed by atoms with Crippen molar-refractivity contribution in [3.05, 3.63) is 18.5 Å². The molecule has 6 nitrogen and oxygen atoms in total. The molecule has 1 aliphatic heterocycles. The number of likely N-dealkylation sites (N-methyl/N-ethyl adjacent to an activating group) is 1. The van der Waals surface area contributed by atoms with Crippen LogP contribution in [0.3, 0.4) is 0 Å². The number of aliphatic hydroxyl groups excluding tert-OH is 1. The highest BCUT2D eigenvalue weighted by Gasteiger charge is 2.27. The van der Waals surface area contributed by atoms with Crippen LogP contribution in [0.5, 0.6) is 0 Å². The lowest BCUT2D eigenvalue weighted by molar-refractivity contribution is 0.117. The van der Waals surface area contributed by atoms with E-state index in [1.807, 2.05) is 6.07 Å². The molecule has 1 fully saturated rings. The fraction of sp³-hybridized carbons (Fsp3) is 0.714. The van der Waals surface area contributed by atoms with Gasteiger partial charge in [-0.1, -0.05) is 6.92 Å². The van der Waals surface area contributed by atoms with Crippen LogP contribution in [0.15, 0.2) is 18.5 Å². The molecule has 2 N–H and O–H groups in total. The van der Waals surface area contributed by atoms with E-state index in [4.69, 9.17) is 0 Å². The summed E-state index contributed by atoms with van der Waals surface area (Å²) in [5.74, 6) is 0.809. The van der Waals surface area contributed by atoms with Gasteiger partial charge in [0.1, 0.15) is 0 Å². The van der Waals surface area contributed by atoms with Gasteiger partial charge in [-0.05, 0) is 19.5 Å². The lowest BCUT2D eigenvalue weighted by Crippen LogP contribution is -2.57. The molecule has 1 saturated heterocycles. The van der Waals surface area contributed by atoms with Crippen LogP contribution in [-0.2, 0) is 0 Å². The number of nitrogens with one attached hydrogen (secondary N) is 1. The monoisotopic (exact) mass is 279 g/mol. The summed E-state index contributed by atoms with van der Waals surface area (Å²) < 4.78 is 0. The van der Waals surface area contributed by atoms with E-state index in [2.05, 4.69) is 38.9 Å². The average molecular weight is 279 g/mol. The fourth-order valence-electron chi connectivity index (χ4n) is 2.64. The minimum Gasteiger partial charge on any atom is -0.394 e. The lowest BCUT2D eigenvalue weighted by atomic mass is 10.0. The minimum absolute atomic E-state index is 0.156. The maximum atomic E-state index is 9.56. The molecule has 1 aromatic heterocycles. The molecule has 1 aliphatic rings. The van der Waals surface area contributed by atoms with Gasteiger partial charge in [0.05, 0.1) is 12.1 Å². The molecule has 0 aromatic carbocycles. The predicted molar refractivity (Wildman–Crippen MR) is 79.9 cm³/mol. The van der Waals surface area contributed by atoms with Gasteiger partial charge in [0.15, 0.2) is 0 Å². The maximum absolute atomic E-state index is 9.56. The summed E-state index contributed by atoms with van der Waals surface area (Å²) >= 11 is 0. The topological polar surface area (TPSA) is 64.5 Å². The summed E-state index contributed by atoms with van der Waals surface area (Å²) in [6.07, 6.45) is 3.56. The van der Waals surface area contributed by atoms with Crippen LogP contribution in [0, 0.1) is 0 Å². The number of nitrogens with zero attached hydrogens (tertiary/aromatic N) is 4. The number of rotatable bonds is 6. The summed E-state index contributed by atoms with van der Waals surface area (Å²) in [4.78, 5) is 13.2. The highest BCUT2D eigenvalue weighted by Crippen LogP contribution is 2.12. The Morgan fingerprint density at radius 2 is 1.90 bits per heavy atom. The Morgan fingerprint density at radius 3 is 2.45 bits per heavy atom. The van der Waals surface area contributed by atoms with Crippen molar-refractivity contribution in [2.45, 2.75) is 19.4 Å². The van der Waals surface area contributed by atoms with E-state index in [-0.39, 0.29) is 12.1 Å². The van der Waals surface area contributed by atoms with Crippen LogP contribution in [-0.4, -0.2) is 71.4 Å². The van der Waals surface area contributed by atoms with E-state index in [0.717, 1.165) is 45.2 Å². The first-order valence-electron chi connectivity index (χ1n) is 7.27. The Morgan fingerprint density at radius 1 is 1.25 bits per heavy atom. The predicted octanol–water partition coefficient (Wildman–Crippen LogP) is -0.0409. The van der Waals surface area contributed by atoms with E-state index in [1.165, 1.54) is 0 Å². The average Bonchev–Trinajstić information content (AvgIpc) is 2.49. The molecule has 0 radical (unpaired) electrons. The number of hydrogen-bond acceptors (Lipinski definition) is 6. The van der Waals surface area contributed by atoms with Crippen molar-refractivity contribution < 1.29 is 5.11 Å². The molecule has 1 atom stereocenters. The van der Waals surface area contributed by atoms with Gasteiger partial charge in [0.25, 0.3) is 0 Å². The Hall–Kier alpha value is -1.24. The number of hydrogen-bond donors (Lipinski definition) is 2. The van der Waals surface area contributed by atoms with Crippen molar-refractivity contribution >= 4 is 5.95 Å². The van der Waals surface area contributed by atoms with Crippen molar-refractivity contribution in [3.8, 4) is 0 Å². The molecular formula is C14H25N5O. The Kier molecular flexibility index (Phi) is 5.28. The Bertz CT molecular complexity index is 394. The molecule has 1 aromatic rings. The molecule has 0 bridgehead atoms. The summed E-state index contributed by atoms with van der Waals surface area (Å²) in [5.41, 5.74) is -0.222. The van der Waals surface area contributed by atoms with Crippen molar-refractivity contribution in [3.63, 3.8) is 0 Å². The molecule has 0 aliphatic carbocycles. The fourth-order valence-corrected chi connectivity index (χ4v) is 2.64. The van der Waals surface area contributed by atoms with E-state index < -0.39 is 0 Å². The Balaban J connectivity index is 1.85. The second-order valence-electron chi connectivity index (χ2n) is 5.56. The van der Waals surface area contributed by atoms with Crippen LogP contribution in [0.2, 0.25) is 0 Å². The van der Waals surface area contributed by atoms with E-state index in [0.29, 0.717) is 0 Å². The number of piperazine rings is 1. The normalized spacial score (nSPS) is 19.9. The van der Waals surface area contributed by atoms with Crippen LogP contribution in [0.1, 0.15) is 13.8 Å². The van der Waals surface area contributed by atoms with Crippen LogP contribution >= 0.6 is 0 Å². The third-order valence-electron chi connectivity index (χ3n) is 3.73. The number of anilines is 1. The molecule has 20 heavy (non-hydrogen) atoms. The van der Waals surface area contributed by atoms with E-state index in [9.17, 15) is 5.11 Å². The van der Waals surface area contributed by atoms with Crippen molar-refractivity contribution in [1.29, 1.82) is 0 Å². The first kappa shape index (κ1) is 15.2. The van der Waals surface area contributed by atoms with E-state index in [1.54, 1.807) is 12.4 Å². The highest BCUT2D eigenvalue weighted by atomic mass is 16.3. The minimum atomic E-state index is -0.222. The van der Waals surface area contributed by atoms with Gasteiger partial charge in [-0.15, -0.1) is 0 Å². The summed E-state index contributed by atoms with van der Waals surface area (Å²) in [5, 5.41) is 12.9. The Labute approximate surface area is 120 Å². The third kappa shape index (κ3) is 3.88. The number of aliphatic hydroxyl groups is 1. The standard InChI is InChI=1S/C14H25N5O/c1-3-17-14(2,12-20)11-18-7-9-19(10-8-18)13-15-5-4-6-16-13/h4-6,17,20H,3,7-12H2,1-2H3. The quantitative estimate of drug-likeness (QED) is 0.762. The van der Waals surface area contributed by atoms with Gasteiger partial charge in [0.2, 0.25) is 5.95 Å². The zero-order valence-corrected chi connectivity index (χ0v) is 12.4. The molecule has 2 rings (SSSR count). The SMILES string of the molecule is CCNC(C)(CO)CN1CCN(c2ncccn2)CC1. The van der Waals surface area contributed by atoms with Crippen LogP contribution < -0.4 is 10.2 Å². The van der Waals surface area contributed by atoms with Crippen molar-refractivity contribution in [2.75, 3.05) is 50.8 Å². The molecular weight excluding hydrogens is 254 g/mol. The third-order valence-corrected chi connectivity index (χ3v) is 3.73. The summed E-state index contributed by atoms with van der Waals surface area (Å²) in [6.45, 7) is 9.83. The highest BCUT2D eigenvalue weighted by molar-refractivity contribution is 5.29. The lowest BCUT2D eigenvalue weighted by Gasteiger charge is -2.39. The van der Waals surface area contributed by atoms with Crippen LogP contribution in [0.25, 0.3) is 0 Å². The van der Waals surface area contributed by atoms with Gasteiger partial charge in [-0.2, -0.15) is 0 Å². The van der Waals surface area contributed by atoms with Gasteiger partial charge in [-0.3, -0.25) is 4.90 Å². The van der Waals surface area contributed by atoms with Crippen molar-refractivity contribution in [1.82, 2.24) is 20.2 Å². The van der Waals surface area contributed by atoms with Gasteiger partial charge < -0.3 is 15.3 Å². The van der Waals surface area contributed by atoms with Gasteiger partial charge in [0, 0.05) is 45.1 Å². The van der Waals surface area contributed by atoms with Crippen LogP contribution in [0.4, 0.5) is 5.95 Å². The first-order chi connectivity index (χ1) is 9.67. The van der Waals surface area contributed by atoms with E-state index >= 15 is 0 Å². The van der Waals surface area contributed by atoms with Gasteiger partial charge >= 0.3 is 0 Å². The molecule has 112 valence electrons. The zero-order chi connectivity index (χ0) is 14.4. The first-order valence-corrected chi connectivity index (χ1v) is 7.27. The molecule has 0 spiro atoms. The summed E-state index contributed by atoms with van der Waals surface area (Å²) in [6, 6.07) is 1.84. The smallest absolute Gasteiger partial charge is 0.225 e. The molecule has 6 heteroatoms. The number of aromatic nitrogens is 2. The molecule has 1 unspecified atom stereocenters. The molecule has 0 amide bonds. The maximum Gasteiger partial charge on any atom is 0.225 e. The molecule has 0 saturated carbocycles. The molecule has 2 heterocycles. The second kappa shape index (κ2) is 6.97. The zero-order valence-electron chi connectivity index (χ0n) is 12.4.